The van der Waals surface area contributed by atoms with Crippen LogP contribution in [0.1, 0.15) is 13.3 Å². The second kappa shape index (κ2) is 4.23. The lowest BCUT2D eigenvalue weighted by Gasteiger charge is -1.89. The zero-order chi connectivity index (χ0) is 5.70. The molecule has 0 spiro atoms. The third-order valence-corrected chi connectivity index (χ3v) is 0.757. The zero-order valence-corrected chi connectivity index (χ0v) is 4.90. The molecule has 0 heterocycles. The van der Waals surface area contributed by atoms with Gasteiger partial charge in [-0.05, 0) is 6.42 Å². The molecule has 3 nitrogen and oxygen atoms in total. The smallest absolute Gasteiger partial charge is 0.284 e. The van der Waals surface area contributed by atoms with Gasteiger partial charge in [0, 0.05) is 0 Å². The number of rotatable bonds is 3. The van der Waals surface area contributed by atoms with Crippen LogP contribution in [0, 0.1) is 0 Å². The van der Waals surface area contributed by atoms with Gasteiger partial charge in [0.25, 0.3) is 0 Å². The predicted molar refractivity (Wildman–Crippen MR) is 27.0 cm³/mol. The largest absolute Gasteiger partial charge is 0.301 e. The molecule has 0 rings (SSSR count). The molecule has 44 valence electrons. The summed E-state index contributed by atoms with van der Waals surface area (Å²) in [4.78, 5) is 0. The molecular formula is C3H8O3S. The van der Waals surface area contributed by atoms with E-state index in [0.29, 0.717) is 6.61 Å². The fraction of sp³-hybridized carbons (Fsp3) is 1.00. The molecule has 0 saturated heterocycles. The van der Waals surface area contributed by atoms with Crippen molar-refractivity contribution in [3.63, 3.8) is 0 Å². The summed E-state index contributed by atoms with van der Waals surface area (Å²) in [5, 5.41) is 0. The summed E-state index contributed by atoms with van der Waals surface area (Å²) in [5.41, 5.74) is 0. The van der Waals surface area contributed by atoms with E-state index in [0.717, 1.165) is 6.42 Å². The van der Waals surface area contributed by atoms with Crippen LogP contribution in [0.5, 0.6) is 0 Å². The van der Waals surface area contributed by atoms with Crippen LogP contribution in [-0.2, 0) is 15.5 Å². The van der Waals surface area contributed by atoms with E-state index in [2.05, 4.69) is 4.18 Å². The highest BCUT2D eigenvalue weighted by Crippen LogP contribution is 1.80. The van der Waals surface area contributed by atoms with Gasteiger partial charge in [-0.25, -0.2) is 0 Å². The van der Waals surface area contributed by atoms with Crippen LogP contribution in [0.3, 0.4) is 0 Å². The third-order valence-electron chi connectivity index (χ3n) is 0.388. The summed E-state index contributed by atoms with van der Waals surface area (Å²) in [7, 11) is 0. The van der Waals surface area contributed by atoms with Gasteiger partial charge in [-0.2, -0.15) is 4.21 Å². The Labute approximate surface area is 45.2 Å². The SMILES string of the molecule is CCCOS(=O)O. The van der Waals surface area contributed by atoms with E-state index in [9.17, 15) is 4.21 Å². The van der Waals surface area contributed by atoms with E-state index < -0.39 is 11.4 Å². The van der Waals surface area contributed by atoms with E-state index in [1.54, 1.807) is 0 Å². The normalized spacial score (nSPS) is 14.0. The monoisotopic (exact) mass is 124 g/mol. The van der Waals surface area contributed by atoms with Crippen molar-refractivity contribution < 1.29 is 12.9 Å². The molecule has 4 heteroatoms. The van der Waals surface area contributed by atoms with Crippen LogP contribution >= 0.6 is 0 Å². The quantitative estimate of drug-likeness (QED) is 0.559. The lowest BCUT2D eigenvalue weighted by Crippen LogP contribution is -1.94. The Morgan fingerprint density at radius 2 is 2.43 bits per heavy atom. The first-order valence-corrected chi connectivity index (χ1v) is 3.04. The lowest BCUT2D eigenvalue weighted by molar-refractivity contribution is 0.307. The third kappa shape index (κ3) is 6.07. The van der Waals surface area contributed by atoms with Gasteiger partial charge in [-0.15, -0.1) is 0 Å². The van der Waals surface area contributed by atoms with Gasteiger partial charge in [0.05, 0.1) is 6.61 Å². The molecule has 0 aliphatic heterocycles. The maximum Gasteiger partial charge on any atom is 0.301 e. The van der Waals surface area contributed by atoms with Crippen molar-refractivity contribution in [2.75, 3.05) is 6.61 Å². The van der Waals surface area contributed by atoms with E-state index in [1.807, 2.05) is 6.92 Å². The van der Waals surface area contributed by atoms with E-state index in [4.69, 9.17) is 4.55 Å². The molecular weight excluding hydrogens is 116 g/mol. The molecule has 7 heavy (non-hydrogen) atoms. The Bertz CT molecular complexity index is 63.2. The highest BCUT2D eigenvalue weighted by Gasteiger charge is 1.86. The molecule has 0 amide bonds. The molecule has 0 fully saturated rings. The topological polar surface area (TPSA) is 46.5 Å². The van der Waals surface area contributed by atoms with Crippen molar-refractivity contribution in [1.82, 2.24) is 0 Å². The number of hydrogen-bond acceptors (Lipinski definition) is 2. The second-order valence-corrected chi connectivity index (χ2v) is 1.71. The van der Waals surface area contributed by atoms with Crippen molar-refractivity contribution in [3.8, 4) is 0 Å². The van der Waals surface area contributed by atoms with E-state index in [-0.39, 0.29) is 0 Å². The Hall–Kier alpha value is 0.0700. The van der Waals surface area contributed by atoms with Crippen molar-refractivity contribution in [1.29, 1.82) is 0 Å². The first-order valence-electron chi connectivity index (χ1n) is 2.01. The Kier molecular flexibility index (Phi) is 4.28. The van der Waals surface area contributed by atoms with E-state index >= 15 is 0 Å². The van der Waals surface area contributed by atoms with Crippen LogP contribution in [0.4, 0.5) is 0 Å². The van der Waals surface area contributed by atoms with Crippen molar-refractivity contribution in [2.45, 2.75) is 13.3 Å². The van der Waals surface area contributed by atoms with Crippen LogP contribution in [0.2, 0.25) is 0 Å². The van der Waals surface area contributed by atoms with Gasteiger partial charge >= 0.3 is 11.4 Å². The molecule has 0 aliphatic carbocycles. The summed E-state index contributed by atoms with van der Waals surface area (Å²) in [6, 6.07) is 0. The van der Waals surface area contributed by atoms with Crippen LogP contribution in [0.25, 0.3) is 0 Å². The van der Waals surface area contributed by atoms with Crippen LogP contribution in [0.15, 0.2) is 0 Å². The molecule has 0 aliphatic rings. The Morgan fingerprint density at radius 1 is 1.86 bits per heavy atom. The molecule has 0 saturated carbocycles. The fourth-order valence-electron chi connectivity index (χ4n) is 0.155. The second-order valence-electron chi connectivity index (χ2n) is 1.04. The number of hydrogen-bond donors (Lipinski definition) is 1. The average Bonchev–Trinajstić information content (AvgIpc) is 1.61. The maximum absolute atomic E-state index is 9.65. The molecule has 1 unspecified atom stereocenters. The zero-order valence-electron chi connectivity index (χ0n) is 4.09. The van der Waals surface area contributed by atoms with Gasteiger partial charge in [0.15, 0.2) is 0 Å². The Morgan fingerprint density at radius 3 is 2.57 bits per heavy atom. The standard InChI is InChI=1S/C3H8O3S/c1-2-3-6-7(4)5/h2-3H2,1H3,(H,4,5). The first kappa shape index (κ1) is 7.07. The summed E-state index contributed by atoms with van der Waals surface area (Å²) in [6.07, 6.45) is 0.770. The first-order chi connectivity index (χ1) is 3.27. The van der Waals surface area contributed by atoms with Crippen molar-refractivity contribution >= 4 is 11.4 Å². The summed E-state index contributed by atoms with van der Waals surface area (Å²) < 4.78 is 21.8. The highest BCUT2D eigenvalue weighted by atomic mass is 32.2. The highest BCUT2D eigenvalue weighted by molar-refractivity contribution is 7.74. The van der Waals surface area contributed by atoms with Gasteiger partial charge in [0.2, 0.25) is 0 Å². The summed E-state index contributed by atoms with van der Waals surface area (Å²) in [6.45, 7) is 2.22. The lowest BCUT2D eigenvalue weighted by atomic mass is 10.5. The van der Waals surface area contributed by atoms with E-state index in [1.165, 1.54) is 0 Å². The van der Waals surface area contributed by atoms with Crippen LogP contribution < -0.4 is 0 Å². The van der Waals surface area contributed by atoms with Crippen LogP contribution in [-0.4, -0.2) is 15.4 Å². The van der Waals surface area contributed by atoms with Crippen molar-refractivity contribution in [3.05, 3.63) is 0 Å². The van der Waals surface area contributed by atoms with Gasteiger partial charge in [-0.1, -0.05) is 6.92 Å². The predicted octanol–water partition coefficient (Wildman–Crippen LogP) is 0.550. The molecule has 1 atom stereocenters. The minimum atomic E-state index is -2.07. The molecule has 0 radical (unpaired) electrons. The molecule has 0 aromatic carbocycles. The molecule has 0 aromatic heterocycles. The fourth-order valence-corrected chi connectivity index (χ4v) is 0.464. The molecule has 0 aromatic rings. The minimum Gasteiger partial charge on any atom is -0.284 e. The summed E-state index contributed by atoms with van der Waals surface area (Å²) >= 11 is -2.07. The molecule has 1 N–H and O–H groups in total. The van der Waals surface area contributed by atoms with Gasteiger partial charge < -0.3 is 0 Å². The van der Waals surface area contributed by atoms with Crippen molar-refractivity contribution in [2.24, 2.45) is 0 Å². The average molecular weight is 124 g/mol. The minimum absolute atomic E-state index is 0.350. The Balaban J connectivity index is 2.82. The van der Waals surface area contributed by atoms with Gasteiger partial charge in [-0.3, -0.25) is 8.74 Å². The van der Waals surface area contributed by atoms with Gasteiger partial charge in [0.1, 0.15) is 0 Å². The maximum atomic E-state index is 9.65. The summed E-state index contributed by atoms with van der Waals surface area (Å²) in [5.74, 6) is 0. The molecule has 0 bridgehead atoms.